The number of unbranched alkanes of at least 4 members (excludes halogenated alkanes) is 2. The van der Waals surface area contributed by atoms with Gasteiger partial charge in [-0.25, -0.2) is 0 Å². The number of carbonyl (C=O) groups excluding carboxylic acids is 1. The number of carbonyl (C=O) groups is 1. The Kier molecular flexibility index (Phi) is 5.84. The Balaban J connectivity index is 2.49. The van der Waals surface area contributed by atoms with Crippen molar-refractivity contribution in [2.45, 2.75) is 52.4 Å². The number of aryl methyl sites for hydroxylation is 1. The molecule has 88 valence electrons. The van der Waals surface area contributed by atoms with Crippen LogP contribution in [0.15, 0.2) is 24.3 Å². The molecule has 0 unspecified atom stereocenters. The highest BCUT2D eigenvalue weighted by molar-refractivity contribution is 5.96. The summed E-state index contributed by atoms with van der Waals surface area (Å²) in [5.41, 5.74) is 2.20. The Labute approximate surface area is 98.9 Å². The SMILES string of the molecule is CCCCCC(=O)c1ccc(CCC)cc1. The average Bonchev–Trinajstić information content (AvgIpc) is 2.30. The highest BCUT2D eigenvalue weighted by Gasteiger charge is 2.04. The molecule has 16 heavy (non-hydrogen) atoms. The molecule has 0 amide bonds. The summed E-state index contributed by atoms with van der Waals surface area (Å²) in [6, 6.07) is 8.10. The van der Waals surface area contributed by atoms with Crippen molar-refractivity contribution >= 4 is 5.78 Å². The highest BCUT2D eigenvalue weighted by Crippen LogP contribution is 2.11. The van der Waals surface area contributed by atoms with Crippen LogP contribution in [-0.2, 0) is 6.42 Å². The first-order valence-corrected chi connectivity index (χ1v) is 6.40. The van der Waals surface area contributed by atoms with Gasteiger partial charge < -0.3 is 0 Å². The van der Waals surface area contributed by atoms with Crippen molar-refractivity contribution in [3.8, 4) is 0 Å². The van der Waals surface area contributed by atoms with Crippen LogP contribution in [0.1, 0.15) is 61.9 Å². The molecule has 0 aliphatic heterocycles. The van der Waals surface area contributed by atoms with Crippen LogP contribution in [0, 0.1) is 0 Å². The molecular formula is C15H22O. The third-order valence-corrected chi connectivity index (χ3v) is 2.82. The third-order valence-electron chi connectivity index (χ3n) is 2.82. The van der Waals surface area contributed by atoms with Crippen molar-refractivity contribution in [1.29, 1.82) is 0 Å². The lowest BCUT2D eigenvalue weighted by Crippen LogP contribution is -1.99. The molecule has 1 rings (SSSR count). The van der Waals surface area contributed by atoms with E-state index < -0.39 is 0 Å². The second-order valence-corrected chi connectivity index (χ2v) is 4.33. The molecule has 1 heteroatoms. The first-order valence-electron chi connectivity index (χ1n) is 6.40. The summed E-state index contributed by atoms with van der Waals surface area (Å²) in [5, 5.41) is 0. The Bertz CT molecular complexity index is 311. The fourth-order valence-corrected chi connectivity index (χ4v) is 1.83. The van der Waals surface area contributed by atoms with Crippen molar-refractivity contribution in [2.24, 2.45) is 0 Å². The number of hydrogen-bond acceptors (Lipinski definition) is 1. The van der Waals surface area contributed by atoms with Gasteiger partial charge in [-0.2, -0.15) is 0 Å². The van der Waals surface area contributed by atoms with Crippen LogP contribution in [0.25, 0.3) is 0 Å². The normalized spacial score (nSPS) is 10.4. The lowest BCUT2D eigenvalue weighted by atomic mass is 10.0. The highest BCUT2D eigenvalue weighted by atomic mass is 16.1. The van der Waals surface area contributed by atoms with Crippen LogP contribution in [0.2, 0.25) is 0 Å². The van der Waals surface area contributed by atoms with Crippen molar-refractivity contribution in [2.75, 3.05) is 0 Å². The van der Waals surface area contributed by atoms with Gasteiger partial charge in [0, 0.05) is 12.0 Å². The van der Waals surface area contributed by atoms with Gasteiger partial charge >= 0.3 is 0 Å². The quantitative estimate of drug-likeness (QED) is 0.489. The van der Waals surface area contributed by atoms with Crippen molar-refractivity contribution in [3.05, 3.63) is 35.4 Å². The molecule has 0 radical (unpaired) electrons. The van der Waals surface area contributed by atoms with Gasteiger partial charge in [-0.05, 0) is 18.4 Å². The molecule has 0 heterocycles. The van der Waals surface area contributed by atoms with E-state index in [0.717, 1.165) is 31.2 Å². The van der Waals surface area contributed by atoms with E-state index in [4.69, 9.17) is 0 Å². The summed E-state index contributed by atoms with van der Waals surface area (Å²) in [7, 11) is 0. The topological polar surface area (TPSA) is 17.1 Å². The van der Waals surface area contributed by atoms with Crippen LogP contribution in [0.4, 0.5) is 0 Å². The van der Waals surface area contributed by atoms with Crippen LogP contribution in [0.5, 0.6) is 0 Å². The fraction of sp³-hybridized carbons (Fsp3) is 0.533. The number of benzene rings is 1. The first-order chi connectivity index (χ1) is 7.77. The predicted molar refractivity (Wildman–Crippen MR) is 68.9 cm³/mol. The van der Waals surface area contributed by atoms with Gasteiger partial charge in [0.2, 0.25) is 0 Å². The zero-order chi connectivity index (χ0) is 11.8. The summed E-state index contributed by atoms with van der Waals surface area (Å²) < 4.78 is 0. The average molecular weight is 218 g/mol. The lowest BCUT2D eigenvalue weighted by Gasteiger charge is -2.02. The van der Waals surface area contributed by atoms with Gasteiger partial charge in [0.15, 0.2) is 5.78 Å². The minimum atomic E-state index is 0.288. The van der Waals surface area contributed by atoms with Gasteiger partial charge in [0.1, 0.15) is 0 Å². The number of rotatable bonds is 7. The molecule has 1 nitrogen and oxygen atoms in total. The monoisotopic (exact) mass is 218 g/mol. The van der Waals surface area contributed by atoms with Crippen LogP contribution >= 0.6 is 0 Å². The second-order valence-electron chi connectivity index (χ2n) is 4.33. The predicted octanol–water partition coefficient (Wildman–Crippen LogP) is 4.40. The molecule has 0 bridgehead atoms. The van der Waals surface area contributed by atoms with E-state index in [0.29, 0.717) is 6.42 Å². The molecule has 0 atom stereocenters. The third kappa shape index (κ3) is 4.18. The number of ketones is 1. The van der Waals surface area contributed by atoms with E-state index in [1.165, 1.54) is 12.0 Å². The summed E-state index contributed by atoms with van der Waals surface area (Å²) in [6.07, 6.45) is 6.30. The van der Waals surface area contributed by atoms with Crippen molar-refractivity contribution in [3.63, 3.8) is 0 Å². The number of Topliss-reactive ketones (excluding diaryl/α,β-unsaturated/α-hetero) is 1. The van der Waals surface area contributed by atoms with Crippen LogP contribution in [-0.4, -0.2) is 5.78 Å². The van der Waals surface area contributed by atoms with Crippen molar-refractivity contribution < 1.29 is 4.79 Å². The molecule has 1 aromatic carbocycles. The molecule has 0 saturated heterocycles. The summed E-state index contributed by atoms with van der Waals surface area (Å²) >= 11 is 0. The van der Waals surface area contributed by atoms with E-state index in [1.807, 2.05) is 12.1 Å². The van der Waals surface area contributed by atoms with Gasteiger partial charge in [0.25, 0.3) is 0 Å². The van der Waals surface area contributed by atoms with E-state index in [-0.39, 0.29) is 5.78 Å². The zero-order valence-electron chi connectivity index (χ0n) is 10.5. The first kappa shape index (κ1) is 13.0. The van der Waals surface area contributed by atoms with Gasteiger partial charge in [-0.1, -0.05) is 57.4 Å². The Morgan fingerprint density at radius 2 is 1.69 bits per heavy atom. The maximum atomic E-state index is 11.8. The summed E-state index contributed by atoms with van der Waals surface area (Å²) in [5.74, 6) is 0.288. The molecule has 1 aromatic rings. The fourth-order valence-electron chi connectivity index (χ4n) is 1.83. The van der Waals surface area contributed by atoms with E-state index in [1.54, 1.807) is 0 Å². The molecule has 0 aromatic heterocycles. The van der Waals surface area contributed by atoms with Gasteiger partial charge in [-0.3, -0.25) is 4.79 Å². The summed E-state index contributed by atoms with van der Waals surface area (Å²) in [4.78, 5) is 11.8. The Morgan fingerprint density at radius 1 is 1.00 bits per heavy atom. The van der Waals surface area contributed by atoms with Gasteiger partial charge in [-0.15, -0.1) is 0 Å². The summed E-state index contributed by atoms with van der Waals surface area (Å²) in [6.45, 7) is 4.33. The molecular weight excluding hydrogens is 196 g/mol. The van der Waals surface area contributed by atoms with Gasteiger partial charge in [0.05, 0.1) is 0 Å². The second kappa shape index (κ2) is 7.21. The maximum Gasteiger partial charge on any atom is 0.162 e. The molecule has 0 N–H and O–H groups in total. The van der Waals surface area contributed by atoms with E-state index in [9.17, 15) is 4.79 Å². The molecule has 0 aliphatic rings. The van der Waals surface area contributed by atoms with Crippen LogP contribution in [0.3, 0.4) is 0 Å². The molecule has 0 aliphatic carbocycles. The minimum Gasteiger partial charge on any atom is -0.294 e. The minimum absolute atomic E-state index is 0.288. The zero-order valence-corrected chi connectivity index (χ0v) is 10.5. The maximum absolute atomic E-state index is 11.8. The lowest BCUT2D eigenvalue weighted by molar-refractivity contribution is 0.0979. The van der Waals surface area contributed by atoms with Crippen LogP contribution < -0.4 is 0 Å². The Hall–Kier alpha value is -1.11. The molecule has 0 spiro atoms. The Morgan fingerprint density at radius 3 is 2.25 bits per heavy atom. The molecule has 0 fully saturated rings. The standard InChI is InChI=1S/C15H22O/c1-3-5-6-8-15(16)14-11-9-13(7-4-2)10-12-14/h9-12H,3-8H2,1-2H3. The molecule has 0 saturated carbocycles. The smallest absolute Gasteiger partial charge is 0.162 e. The van der Waals surface area contributed by atoms with Crippen molar-refractivity contribution in [1.82, 2.24) is 0 Å². The number of hydrogen-bond donors (Lipinski definition) is 0. The van der Waals surface area contributed by atoms with E-state index >= 15 is 0 Å². The van der Waals surface area contributed by atoms with E-state index in [2.05, 4.69) is 26.0 Å². The largest absolute Gasteiger partial charge is 0.294 e.